The lowest BCUT2D eigenvalue weighted by atomic mass is 10.1. The molecule has 3 rings (SSSR count). The molecule has 31 heavy (non-hydrogen) atoms. The maximum atomic E-state index is 13.2. The van der Waals surface area contributed by atoms with Crippen LogP contribution in [0.3, 0.4) is 0 Å². The SMILES string of the molecule is CCCCOc1ccc(C#Cc2ccc(C(=O)Oc3cc(F)c(F)c(F)c3)cc2)cc1. The van der Waals surface area contributed by atoms with Gasteiger partial charge in [-0.1, -0.05) is 25.2 Å². The third-order valence-corrected chi connectivity index (χ3v) is 4.26. The Balaban J connectivity index is 1.62. The lowest BCUT2D eigenvalue weighted by Crippen LogP contribution is -2.09. The van der Waals surface area contributed by atoms with E-state index in [2.05, 4.69) is 18.8 Å². The van der Waals surface area contributed by atoms with E-state index >= 15 is 0 Å². The second-order valence-electron chi connectivity index (χ2n) is 6.64. The number of benzene rings is 3. The van der Waals surface area contributed by atoms with Gasteiger partial charge in [0.05, 0.1) is 12.2 Å². The summed E-state index contributed by atoms with van der Waals surface area (Å²) in [5.41, 5.74) is 1.63. The Labute approximate surface area is 178 Å². The first kappa shape index (κ1) is 22.0. The van der Waals surface area contributed by atoms with E-state index in [4.69, 9.17) is 9.47 Å². The average Bonchev–Trinajstić information content (AvgIpc) is 2.77. The monoisotopic (exact) mass is 424 g/mol. The van der Waals surface area contributed by atoms with Crippen LogP contribution in [-0.2, 0) is 0 Å². The molecule has 0 unspecified atom stereocenters. The third-order valence-electron chi connectivity index (χ3n) is 4.26. The van der Waals surface area contributed by atoms with Crippen LogP contribution in [0.25, 0.3) is 0 Å². The smallest absolute Gasteiger partial charge is 0.343 e. The maximum absolute atomic E-state index is 13.2. The Morgan fingerprint density at radius 2 is 1.39 bits per heavy atom. The van der Waals surface area contributed by atoms with Gasteiger partial charge in [0.25, 0.3) is 0 Å². The molecule has 0 aliphatic heterocycles. The third kappa shape index (κ3) is 6.13. The van der Waals surface area contributed by atoms with E-state index in [1.807, 2.05) is 24.3 Å². The molecule has 0 heterocycles. The number of halogens is 3. The number of carbonyl (C=O) groups is 1. The van der Waals surface area contributed by atoms with Gasteiger partial charge in [0.15, 0.2) is 17.5 Å². The lowest BCUT2D eigenvalue weighted by molar-refractivity contribution is 0.0733. The summed E-state index contributed by atoms with van der Waals surface area (Å²) in [4.78, 5) is 12.1. The summed E-state index contributed by atoms with van der Waals surface area (Å²) in [5.74, 6) is 1.05. The van der Waals surface area contributed by atoms with Crippen molar-refractivity contribution in [3.05, 3.63) is 94.8 Å². The van der Waals surface area contributed by atoms with E-state index in [0.29, 0.717) is 24.3 Å². The van der Waals surface area contributed by atoms with Crippen LogP contribution in [-0.4, -0.2) is 12.6 Å². The molecule has 0 fully saturated rings. The summed E-state index contributed by atoms with van der Waals surface area (Å²) in [5, 5.41) is 0. The maximum Gasteiger partial charge on any atom is 0.343 e. The molecule has 3 aromatic rings. The van der Waals surface area contributed by atoms with E-state index < -0.39 is 29.2 Å². The lowest BCUT2D eigenvalue weighted by Gasteiger charge is -2.05. The molecule has 0 atom stereocenters. The van der Waals surface area contributed by atoms with Crippen LogP contribution < -0.4 is 9.47 Å². The topological polar surface area (TPSA) is 35.5 Å². The molecule has 0 aliphatic rings. The number of hydrogen-bond donors (Lipinski definition) is 0. The molecule has 3 nitrogen and oxygen atoms in total. The Morgan fingerprint density at radius 1 is 0.839 bits per heavy atom. The molecular weight excluding hydrogens is 405 g/mol. The van der Waals surface area contributed by atoms with Crippen LogP contribution in [0, 0.1) is 29.3 Å². The largest absolute Gasteiger partial charge is 0.494 e. The highest BCUT2D eigenvalue weighted by atomic mass is 19.2. The summed E-state index contributed by atoms with van der Waals surface area (Å²) in [6.45, 7) is 2.78. The van der Waals surface area contributed by atoms with Gasteiger partial charge in [-0.25, -0.2) is 18.0 Å². The van der Waals surface area contributed by atoms with E-state index in [-0.39, 0.29) is 5.56 Å². The highest BCUT2D eigenvalue weighted by molar-refractivity contribution is 5.91. The quantitative estimate of drug-likeness (QED) is 0.162. The number of rotatable bonds is 6. The van der Waals surface area contributed by atoms with Crippen molar-refractivity contribution in [1.29, 1.82) is 0 Å². The summed E-state index contributed by atoms with van der Waals surface area (Å²) in [6, 6.07) is 14.9. The van der Waals surface area contributed by atoms with Crippen molar-refractivity contribution >= 4 is 5.97 Å². The fraction of sp³-hybridized carbons (Fsp3) is 0.160. The van der Waals surface area contributed by atoms with Crippen molar-refractivity contribution in [2.24, 2.45) is 0 Å². The minimum atomic E-state index is -1.62. The zero-order chi connectivity index (χ0) is 22.2. The molecule has 158 valence electrons. The van der Waals surface area contributed by atoms with Gasteiger partial charge in [-0.15, -0.1) is 0 Å². The van der Waals surface area contributed by atoms with Gasteiger partial charge in [-0.2, -0.15) is 0 Å². The van der Waals surface area contributed by atoms with Gasteiger partial charge in [-0.05, 0) is 55.0 Å². The number of ether oxygens (including phenoxy) is 2. The molecule has 0 saturated carbocycles. The molecule has 0 bridgehead atoms. The molecule has 0 amide bonds. The van der Waals surface area contributed by atoms with Gasteiger partial charge < -0.3 is 9.47 Å². The molecule has 0 aliphatic carbocycles. The molecule has 0 N–H and O–H groups in total. The molecule has 0 spiro atoms. The Kier molecular flexibility index (Phi) is 7.34. The number of hydrogen-bond acceptors (Lipinski definition) is 3. The van der Waals surface area contributed by atoms with Gasteiger partial charge >= 0.3 is 5.97 Å². The molecule has 0 saturated heterocycles. The van der Waals surface area contributed by atoms with E-state index in [0.717, 1.165) is 24.2 Å². The summed E-state index contributed by atoms with van der Waals surface area (Å²) in [7, 11) is 0. The predicted octanol–water partition coefficient (Wildman–Crippen LogP) is 5.90. The first-order chi connectivity index (χ1) is 15.0. The van der Waals surface area contributed by atoms with Crippen molar-refractivity contribution in [2.75, 3.05) is 6.61 Å². The van der Waals surface area contributed by atoms with Crippen molar-refractivity contribution in [2.45, 2.75) is 19.8 Å². The highest BCUT2D eigenvalue weighted by Crippen LogP contribution is 2.20. The van der Waals surface area contributed by atoms with Crippen LogP contribution >= 0.6 is 0 Å². The van der Waals surface area contributed by atoms with E-state index in [9.17, 15) is 18.0 Å². The molecule has 3 aromatic carbocycles. The minimum absolute atomic E-state index is 0.157. The predicted molar refractivity (Wildman–Crippen MR) is 111 cm³/mol. The number of carbonyl (C=O) groups excluding carboxylic acids is 1. The summed E-state index contributed by atoms with van der Waals surface area (Å²) >= 11 is 0. The zero-order valence-electron chi connectivity index (χ0n) is 16.8. The van der Waals surface area contributed by atoms with Gasteiger partial charge in [0.1, 0.15) is 11.5 Å². The standard InChI is InChI=1S/C25H19F3O3/c1-2-3-14-30-20-12-8-18(9-13-20)5-4-17-6-10-19(11-7-17)25(29)31-21-15-22(26)24(28)23(27)16-21/h6-13,15-16H,2-3,14H2,1H3. The Bertz CT molecular complexity index is 1090. The second kappa shape index (κ2) is 10.4. The normalized spacial score (nSPS) is 10.2. The van der Waals surface area contributed by atoms with Crippen molar-refractivity contribution in [3.63, 3.8) is 0 Å². The van der Waals surface area contributed by atoms with Gasteiger partial charge in [0.2, 0.25) is 0 Å². The molecule has 0 aromatic heterocycles. The average molecular weight is 424 g/mol. The minimum Gasteiger partial charge on any atom is -0.494 e. The van der Waals surface area contributed by atoms with E-state index in [1.54, 1.807) is 12.1 Å². The highest BCUT2D eigenvalue weighted by Gasteiger charge is 2.14. The molecule has 6 heteroatoms. The first-order valence-electron chi connectivity index (χ1n) is 9.68. The van der Waals surface area contributed by atoms with Gasteiger partial charge in [-0.3, -0.25) is 0 Å². The van der Waals surface area contributed by atoms with Crippen molar-refractivity contribution < 1.29 is 27.4 Å². The second-order valence-corrected chi connectivity index (χ2v) is 6.64. The molecular formula is C25H19F3O3. The molecule has 0 radical (unpaired) electrons. The van der Waals surface area contributed by atoms with Crippen molar-refractivity contribution in [1.82, 2.24) is 0 Å². The fourth-order valence-electron chi connectivity index (χ4n) is 2.56. The van der Waals surface area contributed by atoms with Crippen LogP contribution in [0.4, 0.5) is 13.2 Å². The summed E-state index contributed by atoms with van der Waals surface area (Å²) in [6.07, 6.45) is 2.08. The van der Waals surface area contributed by atoms with Crippen molar-refractivity contribution in [3.8, 4) is 23.3 Å². The van der Waals surface area contributed by atoms with Crippen LogP contribution in [0.2, 0.25) is 0 Å². The Hall–Kier alpha value is -3.72. The Morgan fingerprint density at radius 3 is 1.94 bits per heavy atom. The van der Waals surface area contributed by atoms with Crippen LogP contribution in [0.1, 0.15) is 41.3 Å². The summed E-state index contributed by atoms with van der Waals surface area (Å²) < 4.78 is 50.0. The van der Waals surface area contributed by atoms with Gasteiger partial charge in [0, 0.05) is 23.3 Å². The zero-order valence-corrected chi connectivity index (χ0v) is 16.8. The fourth-order valence-corrected chi connectivity index (χ4v) is 2.56. The number of esters is 1. The van der Waals surface area contributed by atoms with E-state index in [1.165, 1.54) is 12.1 Å². The number of unbranched alkanes of at least 4 members (excludes halogenated alkanes) is 1. The first-order valence-corrected chi connectivity index (χ1v) is 9.68. The van der Waals surface area contributed by atoms with Crippen LogP contribution in [0.5, 0.6) is 11.5 Å². The van der Waals surface area contributed by atoms with Crippen LogP contribution in [0.15, 0.2) is 60.7 Å².